The van der Waals surface area contributed by atoms with Crippen molar-refractivity contribution in [1.29, 1.82) is 0 Å². The summed E-state index contributed by atoms with van der Waals surface area (Å²) in [5.74, 6) is 0.468. The van der Waals surface area contributed by atoms with Gasteiger partial charge in [0, 0.05) is 17.6 Å². The molecule has 1 unspecified atom stereocenters. The molecule has 0 radical (unpaired) electrons. The van der Waals surface area contributed by atoms with Crippen LogP contribution in [0.25, 0.3) is 0 Å². The van der Waals surface area contributed by atoms with Crippen LogP contribution in [-0.2, 0) is 9.53 Å². The lowest BCUT2D eigenvalue weighted by Gasteiger charge is -2.17. The molecule has 0 bridgehead atoms. The SMILES string of the molecule is CC(=O)OC(CSc1ccc(C)cc1)c1ccccc1. The minimum atomic E-state index is -0.247. The molecule has 104 valence electrons. The lowest BCUT2D eigenvalue weighted by atomic mass is 10.1. The predicted octanol–water partition coefficient (Wildman–Crippen LogP) is 4.39. The minimum Gasteiger partial charge on any atom is -0.457 e. The summed E-state index contributed by atoms with van der Waals surface area (Å²) >= 11 is 1.70. The van der Waals surface area contributed by atoms with E-state index in [0.717, 1.165) is 5.56 Å². The van der Waals surface area contributed by atoms with Gasteiger partial charge in [0.1, 0.15) is 6.10 Å². The Labute approximate surface area is 124 Å². The lowest BCUT2D eigenvalue weighted by Crippen LogP contribution is -2.10. The average molecular weight is 286 g/mol. The van der Waals surface area contributed by atoms with Gasteiger partial charge >= 0.3 is 5.97 Å². The quantitative estimate of drug-likeness (QED) is 0.602. The molecule has 0 aromatic heterocycles. The highest BCUT2D eigenvalue weighted by molar-refractivity contribution is 7.99. The first-order valence-electron chi connectivity index (χ1n) is 6.57. The number of hydrogen-bond acceptors (Lipinski definition) is 3. The summed E-state index contributed by atoms with van der Waals surface area (Å²) in [7, 11) is 0. The molecular weight excluding hydrogens is 268 g/mol. The molecule has 0 aliphatic heterocycles. The number of aryl methyl sites for hydroxylation is 1. The molecule has 2 aromatic carbocycles. The molecule has 2 nitrogen and oxygen atoms in total. The van der Waals surface area contributed by atoms with E-state index in [9.17, 15) is 4.79 Å². The first-order valence-corrected chi connectivity index (χ1v) is 7.55. The highest BCUT2D eigenvalue weighted by Gasteiger charge is 2.14. The van der Waals surface area contributed by atoms with Gasteiger partial charge in [0.2, 0.25) is 0 Å². The summed E-state index contributed by atoms with van der Waals surface area (Å²) < 4.78 is 5.42. The first-order chi connectivity index (χ1) is 9.65. The van der Waals surface area contributed by atoms with Crippen LogP contribution in [0.15, 0.2) is 59.5 Å². The zero-order valence-electron chi connectivity index (χ0n) is 11.7. The number of carbonyl (C=O) groups excluding carboxylic acids is 1. The average Bonchev–Trinajstić information content (AvgIpc) is 2.46. The van der Waals surface area contributed by atoms with Crippen LogP contribution in [0.3, 0.4) is 0 Å². The summed E-state index contributed by atoms with van der Waals surface area (Å²) in [6, 6.07) is 18.2. The van der Waals surface area contributed by atoms with E-state index < -0.39 is 0 Å². The second-order valence-electron chi connectivity index (χ2n) is 4.63. The Morgan fingerprint density at radius 1 is 1.10 bits per heavy atom. The molecule has 2 aromatic rings. The molecule has 0 saturated carbocycles. The Bertz CT molecular complexity index is 549. The van der Waals surface area contributed by atoms with Crippen molar-refractivity contribution >= 4 is 17.7 Å². The maximum Gasteiger partial charge on any atom is 0.303 e. The summed E-state index contributed by atoms with van der Waals surface area (Å²) in [6.45, 7) is 3.52. The van der Waals surface area contributed by atoms with Gasteiger partial charge < -0.3 is 4.74 Å². The number of hydrogen-bond donors (Lipinski definition) is 0. The molecule has 0 aliphatic carbocycles. The second kappa shape index (κ2) is 7.15. The maximum atomic E-state index is 11.3. The first kappa shape index (κ1) is 14.7. The Kier molecular flexibility index (Phi) is 5.24. The number of benzene rings is 2. The fraction of sp³-hybridized carbons (Fsp3) is 0.235. The van der Waals surface area contributed by atoms with Crippen molar-refractivity contribution in [3.8, 4) is 0 Å². The fourth-order valence-electron chi connectivity index (χ4n) is 1.87. The number of esters is 1. The molecule has 0 fully saturated rings. The van der Waals surface area contributed by atoms with Gasteiger partial charge in [0.25, 0.3) is 0 Å². The van der Waals surface area contributed by atoms with Gasteiger partial charge in [-0.1, -0.05) is 48.0 Å². The molecule has 0 amide bonds. The highest BCUT2D eigenvalue weighted by atomic mass is 32.2. The second-order valence-corrected chi connectivity index (χ2v) is 5.73. The zero-order chi connectivity index (χ0) is 14.4. The van der Waals surface area contributed by atoms with Crippen molar-refractivity contribution < 1.29 is 9.53 Å². The third-order valence-corrected chi connectivity index (χ3v) is 3.98. The highest BCUT2D eigenvalue weighted by Crippen LogP contribution is 2.27. The van der Waals surface area contributed by atoms with E-state index in [1.165, 1.54) is 17.4 Å². The smallest absolute Gasteiger partial charge is 0.303 e. The van der Waals surface area contributed by atoms with Crippen LogP contribution in [0.5, 0.6) is 0 Å². The number of thioether (sulfide) groups is 1. The van der Waals surface area contributed by atoms with Crippen LogP contribution in [0, 0.1) is 6.92 Å². The van der Waals surface area contributed by atoms with E-state index in [1.54, 1.807) is 11.8 Å². The molecule has 0 saturated heterocycles. The van der Waals surface area contributed by atoms with Crippen LogP contribution in [0.1, 0.15) is 24.2 Å². The Balaban J connectivity index is 2.04. The van der Waals surface area contributed by atoms with Crippen molar-refractivity contribution in [3.05, 3.63) is 65.7 Å². The molecule has 3 heteroatoms. The monoisotopic (exact) mass is 286 g/mol. The molecule has 1 atom stereocenters. The van der Waals surface area contributed by atoms with Crippen molar-refractivity contribution in [2.24, 2.45) is 0 Å². The molecule has 0 heterocycles. The van der Waals surface area contributed by atoms with Crippen LogP contribution in [-0.4, -0.2) is 11.7 Å². The van der Waals surface area contributed by atoms with Gasteiger partial charge in [-0.15, -0.1) is 11.8 Å². The van der Waals surface area contributed by atoms with Gasteiger partial charge in [0.15, 0.2) is 0 Å². The molecule has 0 N–H and O–H groups in total. The Hall–Kier alpha value is -1.74. The fourth-order valence-corrected chi connectivity index (χ4v) is 2.81. The van der Waals surface area contributed by atoms with Crippen LogP contribution in [0.2, 0.25) is 0 Å². The van der Waals surface area contributed by atoms with Gasteiger partial charge in [-0.3, -0.25) is 4.79 Å². The summed E-state index contributed by atoms with van der Waals surface area (Å²) in [5, 5.41) is 0. The summed E-state index contributed by atoms with van der Waals surface area (Å²) in [6.07, 6.45) is -0.208. The minimum absolute atomic E-state index is 0.208. The largest absolute Gasteiger partial charge is 0.457 e. The van der Waals surface area contributed by atoms with Crippen molar-refractivity contribution in [2.75, 3.05) is 5.75 Å². The van der Waals surface area contributed by atoms with E-state index in [-0.39, 0.29) is 12.1 Å². The van der Waals surface area contributed by atoms with E-state index in [2.05, 4.69) is 31.2 Å². The van der Waals surface area contributed by atoms with Gasteiger partial charge in [-0.25, -0.2) is 0 Å². The van der Waals surface area contributed by atoms with Crippen LogP contribution in [0.4, 0.5) is 0 Å². The molecule has 0 aliphatic rings. The Morgan fingerprint density at radius 3 is 2.35 bits per heavy atom. The molecule has 20 heavy (non-hydrogen) atoms. The standard InChI is InChI=1S/C17H18O2S/c1-13-8-10-16(11-9-13)20-12-17(19-14(2)18)15-6-4-3-5-7-15/h3-11,17H,12H2,1-2H3. The summed E-state index contributed by atoms with van der Waals surface area (Å²) in [4.78, 5) is 12.4. The maximum absolute atomic E-state index is 11.3. The van der Waals surface area contributed by atoms with Crippen molar-refractivity contribution in [3.63, 3.8) is 0 Å². The Morgan fingerprint density at radius 2 is 1.75 bits per heavy atom. The van der Waals surface area contributed by atoms with Gasteiger partial charge in [-0.05, 0) is 24.6 Å². The molecule has 2 rings (SSSR count). The van der Waals surface area contributed by atoms with Gasteiger partial charge in [-0.2, -0.15) is 0 Å². The zero-order valence-corrected chi connectivity index (χ0v) is 12.5. The molecule has 0 spiro atoms. The van der Waals surface area contributed by atoms with E-state index in [4.69, 9.17) is 4.74 Å². The number of carbonyl (C=O) groups is 1. The van der Waals surface area contributed by atoms with Crippen molar-refractivity contribution in [2.45, 2.75) is 24.8 Å². The topological polar surface area (TPSA) is 26.3 Å². The number of ether oxygens (including phenoxy) is 1. The van der Waals surface area contributed by atoms with E-state index >= 15 is 0 Å². The van der Waals surface area contributed by atoms with Crippen LogP contribution >= 0.6 is 11.8 Å². The van der Waals surface area contributed by atoms with Gasteiger partial charge in [0.05, 0.1) is 0 Å². The predicted molar refractivity (Wildman–Crippen MR) is 82.9 cm³/mol. The normalized spacial score (nSPS) is 11.9. The third-order valence-electron chi connectivity index (χ3n) is 2.90. The lowest BCUT2D eigenvalue weighted by molar-refractivity contribution is -0.145. The third kappa shape index (κ3) is 4.42. The molecular formula is C17H18O2S. The summed E-state index contributed by atoms with van der Waals surface area (Å²) in [5.41, 5.74) is 2.27. The van der Waals surface area contributed by atoms with Crippen molar-refractivity contribution in [1.82, 2.24) is 0 Å². The van der Waals surface area contributed by atoms with Crippen LogP contribution < -0.4 is 0 Å². The van der Waals surface area contributed by atoms with E-state index in [1.807, 2.05) is 30.3 Å². The number of rotatable bonds is 5. The van der Waals surface area contributed by atoms with E-state index in [0.29, 0.717) is 5.75 Å².